The molecule has 0 N–H and O–H groups in total. The van der Waals surface area contributed by atoms with E-state index in [9.17, 15) is 0 Å². The summed E-state index contributed by atoms with van der Waals surface area (Å²) in [6.07, 6.45) is 4.51. The SMILES string of the molecule is COc1cccc2c1C=C(C)[CH]2[Zr]([Cl])([Cl])([CH]1C(C)=Cc2c(OC)cccc21)=[Si](c1ccccc1)c1ccccc1. The van der Waals surface area contributed by atoms with Crippen molar-refractivity contribution in [1.29, 1.82) is 0 Å². The van der Waals surface area contributed by atoms with Crippen molar-refractivity contribution in [3.8, 4) is 11.5 Å². The van der Waals surface area contributed by atoms with E-state index in [4.69, 9.17) is 26.5 Å². The first-order chi connectivity index (χ1) is 19.3. The van der Waals surface area contributed by atoms with Gasteiger partial charge in [0.1, 0.15) is 0 Å². The topological polar surface area (TPSA) is 18.5 Å². The molecular weight excluding hydrogens is 631 g/mol. The molecule has 0 saturated carbocycles. The van der Waals surface area contributed by atoms with Crippen LogP contribution in [0.15, 0.2) is 108 Å². The zero-order valence-corrected chi connectivity index (χ0v) is 28.1. The molecule has 0 saturated heterocycles. The predicted octanol–water partition coefficient (Wildman–Crippen LogP) is 8.12. The van der Waals surface area contributed by atoms with Gasteiger partial charge in [0.2, 0.25) is 0 Å². The van der Waals surface area contributed by atoms with Gasteiger partial charge >= 0.3 is 247 Å². The van der Waals surface area contributed by atoms with E-state index in [0.29, 0.717) is 0 Å². The summed E-state index contributed by atoms with van der Waals surface area (Å²) < 4.78 is 11.5. The molecule has 0 bridgehead atoms. The molecule has 2 aliphatic carbocycles. The summed E-state index contributed by atoms with van der Waals surface area (Å²) in [6, 6.07) is 34.2. The number of methoxy groups -OCH3 is 2. The number of allylic oxidation sites excluding steroid dienone is 2. The standard InChI is InChI=1S/C12H10Si.2C11H11O.2ClH.Zr/c1-3-7-11(8-4-1)13-12-9-5-2-6-10-12;2*1-8-6-9-4-3-5-11(12-2)10(9)7-8;;;/h1-10H;2*3-7H,1-2H3;2*1H;/q;;;;;+2/p-2. The van der Waals surface area contributed by atoms with Crippen LogP contribution in [-0.2, 0) is 15.0 Å². The molecule has 0 amide bonds. The first-order valence-corrected chi connectivity index (χ1v) is 27.9. The number of halogens is 2. The van der Waals surface area contributed by atoms with E-state index in [0.717, 1.165) is 22.6 Å². The first-order valence-electron chi connectivity index (χ1n) is 13.5. The molecule has 2 nitrogen and oxygen atoms in total. The van der Waals surface area contributed by atoms with Crippen molar-refractivity contribution in [3.63, 3.8) is 0 Å². The van der Waals surface area contributed by atoms with Crippen LogP contribution >= 0.6 is 17.0 Å². The van der Waals surface area contributed by atoms with Gasteiger partial charge < -0.3 is 0 Å². The molecule has 0 radical (unpaired) electrons. The third-order valence-corrected chi connectivity index (χ3v) is 46.9. The first kappa shape index (κ1) is 27.8. The van der Waals surface area contributed by atoms with Gasteiger partial charge in [-0.15, -0.1) is 0 Å². The molecule has 2 aliphatic rings. The summed E-state index contributed by atoms with van der Waals surface area (Å²) in [4.78, 5) is 0. The third-order valence-electron chi connectivity index (χ3n) is 8.58. The Labute approximate surface area is 245 Å². The monoisotopic (exact) mass is 660 g/mol. The predicted molar refractivity (Wildman–Crippen MR) is 168 cm³/mol. The van der Waals surface area contributed by atoms with Gasteiger partial charge in [0.25, 0.3) is 0 Å². The normalized spacial score (nSPS) is 18.0. The van der Waals surface area contributed by atoms with Crippen LogP contribution in [0.1, 0.15) is 43.4 Å². The Bertz CT molecular complexity index is 1630. The Morgan fingerprint density at radius 2 is 0.975 bits per heavy atom. The fourth-order valence-corrected chi connectivity index (χ4v) is 53.6. The molecule has 0 aliphatic heterocycles. The van der Waals surface area contributed by atoms with Crippen molar-refractivity contribution >= 4 is 45.0 Å². The molecule has 6 heteroatoms. The van der Waals surface area contributed by atoms with Gasteiger partial charge in [0.05, 0.1) is 0 Å². The Balaban J connectivity index is 1.83. The fourth-order valence-electron chi connectivity index (χ4n) is 7.19. The van der Waals surface area contributed by atoms with Gasteiger partial charge in [0.15, 0.2) is 0 Å². The Morgan fingerprint density at radius 3 is 1.35 bits per heavy atom. The molecule has 0 spiro atoms. The summed E-state index contributed by atoms with van der Waals surface area (Å²) in [5, 5.41) is 2.50. The van der Waals surface area contributed by atoms with Crippen LogP contribution < -0.4 is 19.8 Å². The number of benzene rings is 4. The molecule has 40 heavy (non-hydrogen) atoms. The fraction of sp³-hybridized carbons (Fsp3) is 0.176. The molecule has 202 valence electrons. The second kappa shape index (κ2) is 10.5. The van der Waals surface area contributed by atoms with E-state index in [1.54, 1.807) is 14.2 Å². The molecule has 2 atom stereocenters. The van der Waals surface area contributed by atoms with Crippen LogP contribution in [0.3, 0.4) is 0 Å². The van der Waals surface area contributed by atoms with Crippen LogP contribution in [-0.4, -0.2) is 19.7 Å². The van der Waals surface area contributed by atoms with Crippen LogP contribution in [0.2, 0.25) is 0 Å². The zero-order valence-electron chi connectivity index (χ0n) is 23.1. The van der Waals surface area contributed by atoms with Crippen molar-refractivity contribution in [1.82, 2.24) is 0 Å². The van der Waals surface area contributed by atoms with Crippen molar-refractivity contribution in [3.05, 3.63) is 130 Å². The summed E-state index contributed by atoms with van der Waals surface area (Å²) in [5.41, 5.74) is 5.29. The van der Waals surface area contributed by atoms with Gasteiger partial charge in [-0.1, -0.05) is 0 Å². The van der Waals surface area contributed by atoms with Crippen molar-refractivity contribution in [2.75, 3.05) is 14.2 Å². The quantitative estimate of drug-likeness (QED) is 0.194. The summed E-state index contributed by atoms with van der Waals surface area (Å²) in [7, 11) is 20.9. The van der Waals surface area contributed by atoms with Gasteiger partial charge in [0, 0.05) is 0 Å². The van der Waals surface area contributed by atoms with E-state index >= 15 is 0 Å². The maximum absolute atomic E-state index is 8.74. The van der Waals surface area contributed by atoms with Gasteiger partial charge in [-0.05, 0) is 0 Å². The van der Waals surface area contributed by atoms with Crippen LogP contribution in [0.5, 0.6) is 11.5 Å². The number of hydrogen-bond acceptors (Lipinski definition) is 2. The Hall–Kier alpha value is -2.36. The average molecular weight is 663 g/mol. The van der Waals surface area contributed by atoms with E-state index < -0.39 is 20.4 Å². The third kappa shape index (κ3) is 4.14. The van der Waals surface area contributed by atoms with Crippen molar-refractivity contribution in [2.24, 2.45) is 0 Å². The molecule has 0 aromatic heterocycles. The summed E-state index contributed by atoms with van der Waals surface area (Å²) in [5.74, 6) is 1.72. The number of ether oxygens (including phenoxy) is 2. The van der Waals surface area contributed by atoms with Crippen molar-refractivity contribution < 1.29 is 24.5 Å². The number of fused-ring (bicyclic) bond motifs is 2. The van der Waals surface area contributed by atoms with Crippen LogP contribution in [0.25, 0.3) is 12.2 Å². The molecule has 0 fully saturated rings. The van der Waals surface area contributed by atoms with Gasteiger partial charge in [-0.3, -0.25) is 0 Å². The summed E-state index contributed by atoms with van der Waals surface area (Å²) >= 11 is -5.26. The zero-order chi connectivity index (χ0) is 28.1. The average Bonchev–Trinajstić information content (AvgIpc) is 3.50. The maximum atomic E-state index is 8.74. The molecule has 0 heterocycles. The molecular formula is C34H32Cl2O2SiZr. The molecule has 2 unspecified atom stereocenters. The molecule has 4 aromatic carbocycles. The second-order valence-corrected chi connectivity index (χ2v) is 45.8. The number of hydrogen-bond donors (Lipinski definition) is 0. The van der Waals surface area contributed by atoms with E-state index in [1.807, 2.05) is 12.1 Å². The van der Waals surface area contributed by atoms with E-state index in [-0.39, 0.29) is 7.25 Å². The number of rotatable bonds is 6. The van der Waals surface area contributed by atoms with Gasteiger partial charge in [-0.2, -0.15) is 0 Å². The molecule has 4 aromatic rings. The van der Waals surface area contributed by atoms with Crippen LogP contribution in [0, 0.1) is 0 Å². The van der Waals surface area contributed by atoms with Crippen molar-refractivity contribution in [2.45, 2.75) is 21.1 Å². The molecule has 6 rings (SSSR count). The Kier molecular flexibility index (Phi) is 7.28. The summed E-state index contributed by atoms with van der Waals surface area (Å²) in [6.45, 7) is 4.41. The second-order valence-electron chi connectivity index (χ2n) is 10.8. The van der Waals surface area contributed by atoms with Crippen LogP contribution in [0.4, 0.5) is 0 Å². The van der Waals surface area contributed by atoms with E-state index in [2.05, 4.69) is 111 Å². The minimum atomic E-state index is -5.26. The van der Waals surface area contributed by atoms with E-state index in [1.165, 1.54) is 32.6 Å². The minimum absolute atomic E-state index is 0.0883. The Morgan fingerprint density at radius 1 is 0.575 bits per heavy atom. The van der Waals surface area contributed by atoms with Gasteiger partial charge in [-0.25, -0.2) is 0 Å².